The van der Waals surface area contributed by atoms with Gasteiger partial charge in [0.1, 0.15) is 6.04 Å². The van der Waals surface area contributed by atoms with Gasteiger partial charge in [-0.2, -0.15) is 0 Å². The van der Waals surface area contributed by atoms with E-state index in [4.69, 9.17) is 0 Å². The molecule has 2 saturated carbocycles. The molecule has 0 aliphatic heterocycles. The Kier molecular flexibility index (Phi) is 4.93. The lowest BCUT2D eigenvalue weighted by atomic mass is 10.0. The molecule has 0 bridgehead atoms. The molecule has 0 aromatic heterocycles. The first-order valence-electron chi connectivity index (χ1n) is 9.15. The van der Waals surface area contributed by atoms with Crippen molar-refractivity contribution >= 4 is 11.8 Å². The van der Waals surface area contributed by atoms with Crippen molar-refractivity contribution in [1.82, 2.24) is 10.6 Å². The van der Waals surface area contributed by atoms with Crippen molar-refractivity contribution in [3.63, 3.8) is 0 Å². The molecule has 4 nitrogen and oxygen atoms in total. The highest BCUT2D eigenvalue weighted by atomic mass is 16.2. The number of rotatable bonds is 5. The van der Waals surface area contributed by atoms with Crippen molar-refractivity contribution in [2.24, 2.45) is 17.8 Å². The fourth-order valence-electron chi connectivity index (χ4n) is 4.01. The average molecular weight is 328 g/mol. The van der Waals surface area contributed by atoms with E-state index in [-0.39, 0.29) is 17.7 Å². The van der Waals surface area contributed by atoms with Gasteiger partial charge in [0.25, 0.3) is 5.91 Å². The number of fused-ring (bicyclic) bond motifs is 1. The van der Waals surface area contributed by atoms with Gasteiger partial charge in [0.15, 0.2) is 0 Å². The van der Waals surface area contributed by atoms with E-state index in [1.54, 1.807) is 6.07 Å². The lowest BCUT2D eigenvalue weighted by Gasteiger charge is -2.22. The smallest absolute Gasteiger partial charge is 0.251 e. The fourth-order valence-corrected chi connectivity index (χ4v) is 4.01. The van der Waals surface area contributed by atoms with Gasteiger partial charge in [-0.05, 0) is 49.7 Å². The zero-order valence-electron chi connectivity index (χ0n) is 14.8. The Balaban J connectivity index is 1.62. The van der Waals surface area contributed by atoms with Crippen LogP contribution in [0.4, 0.5) is 0 Å². The first-order valence-corrected chi connectivity index (χ1v) is 9.15. The molecule has 2 amide bonds. The molecule has 2 aliphatic rings. The van der Waals surface area contributed by atoms with E-state index in [0.29, 0.717) is 23.4 Å². The summed E-state index contributed by atoms with van der Waals surface area (Å²) in [7, 11) is 0. The molecule has 2 N–H and O–H groups in total. The van der Waals surface area contributed by atoms with Crippen LogP contribution >= 0.6 is 0 Å². The summed E-state index contributed by atoms with van der Waals surface area (Å²) in [5.74, 6) is 1.18. The van der Waals surface area contributed by atoms with Crippen molar-refractivity contribution in [2.75, 3.05) is 0 Å². The minimum Gasteiger partial charge on any atom is -0.351 e. The number of nitrogens with one attached hydrogen (secondary N) is 2. The third-order valence-corrected chi connectivity index (χ3v) is 5.48. The van der Waals surface area contributed by atoms with Crippen LogP contribution in [0.1, 0.15) is 55.5 Å². The lowest BCUT2D eigenvalue weighted by Crippen LogP contribution is -2.50. The summed E-state index contributed by atoms with van der Waals surface area (Å²) >= 11 is 0. The summed E-state index contributed by atoms with van der Waals surface area (Å²) in [6.07, 6.45) is 5.03. The first kappa shape index (κ1) is 17.0. The van der Waals surface area contributed by atoms with E-state index in [9.17, 15) is 9.59 Å². The van der Waals surface area contributed by atoms with Crippen LogP contribution in [0.2, 0.25) is 0 Å². The molecule has 3 rings (SSSR count). The largest absolute Gasteiger partial charge is 0.351 e. The van der Waals surface area contributed by atoms with Crippen molar-refractivity contribution in [3.8, 4) is 0 Å². The van der Waals surface area contributed by atoms with Crippen LogP contribution in [0.5, 0.6) is 0 Å². The van der Waals surface area contributed by atoms with Crippen molar-refractivity contribution in [3.05, 3.63) is 35.4 Å². The van der Waals surface area contributed by atoms with Gasteiger partial charge in [-0.25, -0.2) is 0 Å². The van der Waals surface area contributed by atoms with E-state index in [2.05, 4.69) is 10.6 Å². The average Bonchev–Trinajstić information content (AvgIpc) is 3.25. The fraction of sp³-hybridized carbons (Fsp3) is 0.600. The third-order valence-electron chi connectivity index (χ3n) is 5.48. The van der Waals surface area contributed by atoms with Gasteiger partial charge in [-0.1, -0.05) is 44.4 Å². The summed E-state index contributed by atoms with van der Waals surface area (Å²) in [5, 5.41) is 6.12. The van der Waals surface area contributed by atoms with Gasteiger partial charge >= 0.3 is 0 Å². The highest BCUT2D eigenvalue weighted by Gasteiger charge is 2.51. The molecule has 0 radical (unpaired) electrons. The maximum atomic E-state index is 12.7. The van der Waals surface area contributed by atoms with Crippen LogP contribution in [-0.2, 0) is 4.79 Å². The molecule has 2 aliphatic carbocycles. The predicted molar refractivity (Wildman–Crippen MR) is 94.6 cm³/mol. The van der Waals surface area contributed by atoms with Crippen LogP contribution in [-0.4, -0.2) is 23.9 Å². The van der Waals surface area contributed by atoms with Crippen LogP contribution in [0.15, 0.2) is 24.3 Å². The summed E-state index contributed by atoms with van der Waals surface area (Å²) in [5.41, 5.74) is 1.64. The van der Waals surface area contributed by atoms with Gasteiger partial charge in [0, 0.05) is 11.6 Å². The Bertz CT molecular complexity index is 614. The number of carbonyl (C=O) groups is 2. The molecule has 4 atom stereocenters. The Morgan fingerprint density at radius 2 is 1.79 bits per heavy atom. The maximum Gasteiger partial charge on any atom is 0.251 e. The molecule has 0 spiro atoms. The minimum absolute atomic E-state index is 0.0367. The second-order valence-corrected chi connectivity index (χ2v) is 7.71. The van der Waals surface area contributed by atoms with E-state index < -0.39 is 6.04 Å². The van der Waals surface area contributed by atoms with Crippen LogP contribution in [0.3, 0.4) is 0 Å². The highest BCUT2D eigenvalue weighted by Crippen LogP contribution is 2.49. The van der Waals surface area contributed by atoms with Gasteiger partial charge in [0.2, 0.25) is 5.91 Å². The number of aryl methyl sites for hydroxylation is 1. The Morgan fingerprint density at radius 1 is 1.12 bits per heavy atom. The second-order valence-electron chi connectivity index (χ2n) is 7.71. The number of benzene rings is 1. The molecule has 0 heterocycles. The van der Waals surface area contributed by atoms with Gasteiger partial charge < -0.3 is 10.6 Å². The van der Waals surface area contributed by atoms with Crippen molar-refractivity contribution in [1.29, 1.82) is 0 Å². The van der Waals surface area contributed by atoms with Crippen molar-refractivity contribution < 1.29 is 9.59 Å². The Hall–Kier alpha value is -1.84. The maximum absolute atomic E-state index is 12.7. The topological polar surface area (TPSA) is 58.2 Å². The SMILES string of the molecule is Cc1cccc(C(=O)N[C@H](C(=O)NC2[C@H]3CCCC[C@@H]23)C(C)C)c1. The summed E-state index contributed by atoms with van der Waals surface area (Å²) < 4.78 is 0. The molecule has 1 aromatic carbocycles. The van der Waals surface area contributed by atoms with E-state index in [0.717, 1.165) is 5.56 Å². The minimum atomic E-state index is -0.485. The van der Waals surface area contributed by atoms with Gasteiger partial charge in [0.05, 0.1) is 0 Å². The summed E-state index contributed by atoms with van der Waals surface area (Å²) in [4.78, 5) is 25.2. The molecular weight excluding hydrogens is 300 g/mol. The predicted octanol–water partition coefficient (Wildman–Crippen LogP) is 3.05. The standard InChI is InChI=1S/C20H28N2O2/c1-12(2)17(21-19(23)14-8-6-7-13(3)11-14)20(24)22-18-15-9-4-5-10-16(15)18/h6-8,11-12,15-18H,4-5,9-10H2,1-3H3,(H,21,23)(H,22,24)/t15-,16+,17-,18?/m0/s1. The summed E-state index contributed by atoms with van der Waals surface area (Å²) in [6.45, 7) is 5.90. The second kappa shape index (κ2) is 6.96. The van der Waals surface area contributed by atoms with Gasteiger partial charge in [-0.15, -0.1) is 0 Å². The molecule has 2 fully saturated rings. The van der Waals surface area contributed by atoms with E-state index in [1.807, 2.05) is 39.0 Å². The normalized spacial score (nSPS) is 26.4. The van der Waals surface area contributed by atoms with Gasteiger partial charge in [-0.3, -0.25) is 9.59 Å². The van der Waals surface area contributed by atoms with Crippen LogP contribution < -0.4 is 10.6 Å². The van der Waals surface area contributed by atoms with E-state index in [1.165, 1.54) is 25.7 Å². The molecule has 24 heavy (non-hydrogen) atoms. The summed E-state index contributed by atoms with van der Waals surface area (Å²) in [6, 6.07) is 7.30. The number of carbonyl (C=O) groups excluding carboxylic acids is 2. The van der Waals surface area contributed by atoms with Crippen LogP contribution in [0.25, 0.3) is 0 Å². The monoisotopic (exact) mass is 328 g/mol. The molecule has 1 unspecified atom stereocenters. The quantitative estimate of drug-likeness (QED) is 0.873. The van der Waals surface area contributed by atoms with Crippen LogP contribution in [0, 0.1) is 24.7 Å². The molecule has 4 heteroatoms. The molecule has 0 saturated heterocycles. The molecular formula is C20H28N2O2. The number of amides is 2. The Morgan fingerprint density at radius 3 is 2.38 bits per heavy atom. The lowest BCUT2D eigenvalue weighted by molar-refractivity contribution is -0.124. The number of hydrogen-bond acceptors (Lipinski definition) is 2. The van der Waals surface area contributed by atoms with E-state index >= 15 is 0 Å². The molecule has 130 valence electrons. The zero-order chi connectivity index (χ0) is 17.3. The first-order chi connectivity index (χ1) is 11.5. The highest BCUT2D eigenvalue weighted by molar-refractivity contribution is 5.97. The number of hydrogen-bond donors (Lipinski definition) is 2. The molecule has 1 aromatic rings. The zero-order valence-corrected chi connectivity index (χ0v) is 14.8. The van der Waals surface area contributed by atoms with Crippen molar-refractivity contribution in [2.45, 2.75) is 58.5 Å². The Labute approximate surface area is 144 Å². The third kappa shape index (κ3) is 3.63.